The Bertz CT molecular complexity index is 600. The molecule has 1 saturated carbocycles. The number of benzene rings is 1. The number of aliphatic carboxylic acids is 1. The third-order valence-corrected chi connectivity index (χ3v) is 3.50. The molecule has 0 radical (unpaired) electrons. The second-order valence-corrected chi connectivity index (χ2v) is 5.35. The molecular formula is C13H13ClN2O5. The normalized spacial score (nSPS) is 13.8. The van der Waals surface area contributed by atoms with Crippen molar-refractivity contribution in [3.8, 4) is 0 Å². The van der Waals surface area contributed by atoms with Gasteiger partial charge in [-0.2, -0.15) is 0 Å². The number of nitrogens with zero attached hydrogens (tertiary/aromatic N) is 2. The zero-order chi connectivity index (χ0) is 15.6. The standard InChI is InChI=1S/C13H13ClN2O5/c14-11-5-9(16(20)21)3-4-10(11)13(19)15(7-12(17)18)6-8-1-2-8/h3-5,8H,1-2,6-7H2,(H,17,18). The summed E-state index contributed by atoms with van der Waals surface area (Å²) in [6.07, 6.45) is 1.94. The van der Waals surface area contributed by atoms with Gasteiger partial charge < -0.3 is 10.0 Å². The minimum Gasteiger partial charge on any atom is -0.480 e. The van der Waals surface area contributed by atoms with Crippen LogP contribution in [0.1, 0.15) is 23.2 Å². The first-order valence-corrected chi connectivity index (χ1v) is 6.71. The number of hydrogen-bond donors (Lipinski definition) is 1. The summed E-state index contributed by atoms with van der Waals surface area (Å²) < 4.78 is 0. The van der Waals surface area contributed by atoms with Gasteiger partial charge in [0.2, 0.25) is 0 Å². The van der Waals surface area contributed by atoms with E-state index in [0.29, 0.717) is 12.5 Å². The first-order valence-electron chi connectivity index (χ1n) is 6.33. The number of carbonyl (C=O) groups excluding carboxylic acids is 1. The highest BCUT2D eigenvalue weighted by Crippen LogP contribution is 2.31. The molecule has 0 aliphatic heterocycles. The maximum absolute atomic E-state index is 12.4. The van der Waals surface area contributed by atoms with Crippen LogP contribution in [-0.4, -0.2) is 39.9 Å². The maximum Gasteiger partial charge on any atom is 0.323 e. The van der Waals surface area contributed by atoms with Crippen molar-refractivity contribution in [1.82, 2.24) is 4.90 Å². The molecule has 1 N–H and O–H groups in total. The quantitative estimate of drug-likeness (QED) is 0.641. The number of carbonyl (C=O) groups is 2. The van der Waals surface area contributed by atoms with Gasteiger partial charge in [0.15, 0.2) is 0 Å². The molecule has 1 aliphatic carbocycles. The summed E-state index contributed by atoms with van der Waals surface area (Å²) in [4.78, 5) is 34.5. The van der Waals surface area contributed by atoms with E-state index in [-0.39, 0.29) is 16.3 Å². The van der Waals surface area contributed by atoms with Gasteiger partial charge in [0.1, 0.15) is 6.54 Å². The first kappa shape index (κ1) is 15.2. The number of nitro benzene ring substituents is 1. The van der Waals surface area contributed by atoms with Crippen molar-refractivity contribution in [3.63, 3.8) is 0 Å². The van der Waals surface area contributed by atoms with Gasteiger partial charge in [-0.05, 0) is 24.8 Å². The van der Waals surface area contributed by atoms with Crippen LogP contribution in [0, 0.1) is 16.0 Å². The Kier molecular flexibility index (Phi) is 4.42. The number of carboxylic acid groups (broad SMARTS) is 1. The van der Waals surface area contributed by atoms with Crippen molar-refractivity contribution in [1.29, 1.82) is 0 Å². The van der Waals surface area contributed by atoms with E-state index in [2.05, 4.69) is 0 Å². The van der Waals surface area contributed by atoms with E-state index >= 15 is 0 Å². The summed E-state index contributed by atoms with van der Waals surface area (Å²) >= 11 is 5.90. The molecule has 1 aliphatic rings. The van der Waals surface area contributed by atoms with Crippen LogP contribution in [0.5, 0.6) is 0 Å². The molecule has 0 saturated heterocycles. The third kappa shape index (κ3) is 3.91. The van der Waals surface area contributed by atoms with E-state index in [0.717, 1.165) is 18.9 Å². The highest BCUT2D eigenvalue weighted by atomic mass is 35.5. The largest absolute Gasteiger partial charge is 0.480 e. The number of carboxylic acids is 1. The Morgan fingerprint density at radius 3 is 2.57 bits per heavy atom. The van der Waals surface area contributed by atoms with Crippen LogP contribution in [0.25, 0.3) is 0 Å². The molecule has 21 heavy (non-hydrogen) atoms. The minimum absolute atomic E-state index is 0.0552. The second-order valence-electron chi connectivity index (χ2n) is 4.94. The molecule has 2 rings (SSSR count). The van der Waals surface area contributed by atoms with E-state index in [1.807, 2.05) is 0 Å². The van der Waals surface area contributed by atoms with Crippen molar-refractivity contribution in [2.45, 2.75) is 12.8 Å². The van der Waals surface area contributed by atoms with Gasteiger partial charge in [0.05, 0.1) is 15.5 Å². The molecule has 7 nitrogen and oxygen atoms in total. The topological polar surface area (TPSA) is 101 Å². The number of nitro groups is 1. The molecule has 112 valence electrons. The second kappa shape index (κ2) is 6.09. The van der Waals surface area contributed by atoms with E-state index < -0.39 is 23.3 Å². The van der Waals surface area contributed by atoms with Gasteiger partial charge in [-0.25, -0.2) is 0 Å². The molecule has 0 spiro atoms. The van der Waals surface area contributed by atoms with Gasteiger partial charge >= 0.3 is 5.97 Å². The fraction of sp³-hybridized carbons (Fsp3) is 0.385. The number of amides is 1. The van der Waals surface area contributed by atoms with Crippen molar-refractivity contribution in [3.05, 3.63) is 38.9 Å². The smallest absolute Gasteiger partial charge is 0.323 e. The number of halogens is 1. The SMILES string of the molecule is O=C(O)CN(CC1CC1)C(=O)c1ccc([N+](=O)[O-])cc1Cl. The van der Waals surface area contributed by atoms with E-state index in [1.165, 1.54) is 17.0 Å². The lowest BCUT2D eigenvalue weighted by molar-refractivity contribution is -0.384. The van der Waals surface area contributed by atoms with E-state index in [1.54, 1.807) is 0 Å². The van der Waals surface area contributed by atoms with Crippen molar-refractivity contribution in [2.24, 2.45) is 5.92 Å². The number of hydrogen-bond acceptors (Lipinski definition) is 4. The molecule has 1 amide bonds. The Hall–Kier alpha value is -2.15. The minimum atomic E-state index is -1.11. The van der Waals surface area contributed by atoms with Crippen LogP contribution in [0.4, 0.5) is 5.69 Å². The summed E-state index contributed by atoms with van der Waals surface area (Å²) in [7, 11) is 0. The van der Waals surface area contributed by atoms with E-state index in [4.69, 9.17) is 16.7 Å². The van der Waals surface area contributed by atoms with Crippen LogP contribution >= 0.6 is 11.6 Å². The Balaban J connectivity index is 2.22. The highest BCUT2D eigenvalue weighted by molar-refractivity contribution is 6.34. The van der Waals surface area contributed by atoms with Crippen LogP contribution in [0.2, 0.25) is 5.02 Å². The maximum atomic E-state index is 12.4. The molecule has 1 aromatic carbocycles. The zero-order valence-corrected chi connectivity index (χ0v) is 11.7. The summed E-state index contributed by atoms with van der Waals surface area (Å²) in [6.45, 7) is -0.0545. The molecule has 0 unspecified atom stereocenters. The van der Waals surface area contributed by atoms with E-state index in [9.17, 15) is 19.7 Å². The first-order chi connectivity index (χ1) is 9.88. The summed E-state index contributed by atoms with van der Waals surface area (Å²) in [5.74, 6) is -1.31. The van der Waals surface area contributed by atoms with Crippen LogP contribution in [0.3, 0.4) is 0 Å². The van der Waals surface area contributed by atoms with Gasteiger partial charge in [-0.1, -0.05) is 11.6 Å². The molecule has 0 atom stereocenters. The lowest BCUT2D eigenvalue weighted by Crippen LogP contribution is -2.37. The summed E-state index contributed by atoms with van der Waals surface area (Å²) in [5.41, 5.74) is -0.146. The Morgan fingerprint density at radius 1 is 1.43 bits per heavy atom. The predicted molar refractivity (Wildman–Crippen MR) is 74.4 cm³/mol. The monoisotopic (exact) mass is 312 g/mol. The van der Waals surface area contributed by atoms with Gasteiger partial charge in [-0.15, -0.1) is 0 Å². The molecule has 8 heteroatoms. The lowest BCUT2D eigenvalue weighted by Gasteiger charge is -2.21. The van der Waals surface area contributed by atoms with Crippen LogP contribution in [-0.2, 0) is 4.79 Å². The summed E-state index contributed by atoms with van der Waals surface area (Å²) in [6, 6.07) is 3.52. The van der Waals surface area contributed by atoms with Gasteiger partial charge in [0.25, 0.3) is 11.6 Å². The Morgan fingerprint density at radius 2 is 2.10 bits per heavy atom. The molecule has 1 fully saturated rings. The Labute approximate surface area is 125 Å². The zero-order valence-electron chi connectivity index (χ0n) is 11.0. The highest BCUT2D eigenvalue weighted by Gasteiger charge is 2.29. The molecule has 1 aromatic rings. The van der Waals surface area contributed by atoms with Gasteiger partial charge in [0, 0.05) is 18.7 Å². The molecule has 0 heterocycles. The fourth-order valence-electron chi connectivity index (χ4n) is 1.96. The average Bonchev–Trinajstić information content (AvgIpc) is 3.20. The summed E-state index contributed by atoms with van der Waals surface area (Å²) in [5, 5.41) is 19.5. The predicted octanol–water partition coefficient (Wildman–Crippen LogP) is 2.18. The molecular weight excluding hydrogens is 300 g/mol. The van der Waals surface area contributed by atoms with Crippen LogP contribution in [0.15, 0.2) is 18.2 Å². The number of non-ortho nitro benzene ring substituents is 1. The number of rotatable bonds is 6. The molecule has 0 aromatic heterocycles. The van der Waals surface area contributed by atoms with Gasteiger partial charge in [-0.3, -0.25) is 19.7 Å². The van der Waals surface area contributed by atoms with Crippen molar-refractivity contribution < 1.29 is 19.6 Å². The third-order valence-electron chi connectivity index (χ3n) is 3.18. The van der Waals surface area contributed by atoms with Crippen LogP contribution < -0.4 is 0 Å². The van der Waals surface area contributed by atoms with Crippen molar-refractivity contribution >= 4 is 29.2 Å². The fourth-order valence-corrected chi connectivity index (χ4v) is 2.21. The molecule has 0 bridgehead atoms. The van der Waals surface area contributed by atoms with Crippen molar-refractivity contribution in [2.75, 3.05) is 13.1 Å². The lowest BCUT2D eigenvalue weighted by atomic mass is 10.1. The average molecular weight is 313 g/mol.